The van der Waals surface area contributed by atoms with Gasteiger partial charge in [0.25, 0.3) is 0 Å². The van der Waals surface area contributed by atoms with Crippen LogP contribution < -0.4 is 9.47 Å². The molecular formula is C21H28N4O3S. The van der Waals surface area contributed by atoms with Crippen LogP contribution in [0.2, 0.25) is 0 Å². The van der Waals surface area contributed by atoms with Gasteiger partial charge in [0, 0.05) is 24.6 Å². The van der Waals surface area contributed by atoms with Crippen LogP contribution in [0.15, 0.2) is 23.4 Å². The minimum atomic E-state index is 0.0132. The Balaban J connectivity index is 1.47. The maximum absolute atomic E-state index is 13.1. The number of hydrogen-bond donors (Lipinski definition) is 0. The molecule has 2 aliphatic rings. The maximum Gasteiger partial charge on any atom is 0.233 e. The molecule has 1 saturated carbocycles. The lowest BCUT2D eigenvalue weighted by Gasteiger charge is -2.26. The number of thioether (sulfide) groups is 1. The van der Waals surface area contributed by atoms with E-state index in [4.69, 9.17) is 9.47 Å². The number of nitrogens with zero attached hydrogens (tertiary/aromatic N) is 4. The molecule has 1 saturated heterocycles. The highest BCUT2D eigenvalue weighted by atomic mass is 32.2. The Kier molecular flexibility index (Phi) is 5.99. The van der Waals surface area contributed by atoms with Gasteiger partial charge >= 0.3 is 0 Å². The largest absolute Gasteiger partial charge is 0.497 e. The zero-order valence-corrected chi connectivity index (χ0v) is 18.1. The number of ether oxygens (including phenoxy) is 2. The molecule has 2 fully saturated rings. The van der Waals surface area contributed by atoms with Gasteiger partial charge in [0.2, 0.25) is 5.91 Å². The van der Waals surface area contributed by atoms with Gasteiger partial charge in [-0.15, -0.1) is 10.2 Å². The first-order valence-electron chi connectivity index (χ1n) is 10.2. The number of amides is 1. The van der Waals surface area contributed by atoms with E-state index in [-0.39, 0.29) is 11.9 Å². The first-order valence-corrected chi connectivity index (χ1v) is 11.2. The second kappa shape index (κ2) is 8.65. The average Bonchev–Trinajstić information content (AvgIpc) is 3.33. The molecule has 156 valence electrons. The molecule has 0 N–H and O–H groups in total. The van der Waals surface area contributed by atoms with Crippen molar-refractivity contribution in [1.29, 1.82) is 0 Å². The Bertz CT molecular complexity index is 881. The Morgan fingerprint density at radius 3 is 2.72 bits per heavy atom. The van der Waals surface area contributed by atoms with Gasteiger partial charge in [0.05, 0.1) is 26.0 Å². The van der Waals surface area contributed by atoms with E-state index in [1.54, 1.807) is 14.2 Å². The third kappa shape index (κ3) is 4.08. The van der Waals surface area contributed by atoms with Crippen LogP contribution in [-0.2, 0) is 11.3 Å². The van der Waals surface area contributed by atoms with Gasteiger partial charge in [-0.25, -0.2) is 0 Å². The summed E-state index contributed by atoms with van der Waals surface area (Å²) in [5.74, 6) is 3.69. The summed E-state index contributed by atoms with van der Waals surface area (Å²) < 4.78 is 13.1. The molecule has 0 radical (unpaired) electrons. The monoisotopic (exact) mass is 416 g/mol. The van der Waals surface area contributed by atoms with Gasteiger partial charge in [-0.1, -0.05) is 11.8 Å². The SMILES string of the molecule is CCn1c(SCC(=O)N2CCC[C@H]2c2cc(OC)ccc2OC)nnc1C1CC1. The van der Waals surface area contributed by atoms with Crippen molar-refractivity contribution in [3.8, 4) is 11.5 Å². The number of methoxy groups -OCH3 is 2. The zero-order valence-electron chi connectivity index (χ0n) is 17.3. The van der Waals surface area contributed by atoms with Crippen molar-refractivity contribution in [1.82, 2.24) is 19.7 Å². The highest BCUT2D eigenvalue weighted by Crippen LogP contribution is 2.41. The summed E-state index contributed by atoms with van der Waals surface area (Å²) in [7, 11) is 3.32. The van der Waals surface area contributed by atoms with Crippen molar-refractivity contribution >= 4 is 17.7 Å². The molecule has 0 bridgehead atoms. The summed E-state index contributed by atoms with van der Waals surface area (Å²) in [5.41, 5.74) is 1.01. The van der Waals surface area contributed by atoms with Gasteiger partial charge in [-0.05, 0) is 50.8 Å². The van der Waals surface area contributed by atoms with Crippen molar-refractivity contribution in [3.63, 3.8) is 0 Å². The quantitative estimate of drug-likeness (QED) is 0.612. The number of likely N-dealkylation sites (tertiary alicyclic amines) is 1. The van der Waals surface area contributed by atoms with Crippen LogP contribution in [0.5, 0.6) is 11.5 Å². The Hall–Kier alpha value is -2.22. The van der Waals surface area contributed by atoms with Crippen LogP contribution in [0.1, 0.15) is 56.0 Å². The van der Waals surface area contributed by atoms with E-state index < -0.39 is 0 Å². The topological polar surface area (TPSA) is 69.5 Å². The fourth-order valence-electron chi connectivity index (χ4n) is 4.05. The van der Waals surface area contributed by atoms with E-state index in [1.165, 1.54) is 24.6 Å². The molecule has 1 atom stereocenters. The number of aromatic nitrogens is 3. The highest BCUT2D eigenvalue weighted by Gasteiger charge is 2.33. The Labute approximate surface area is 175 Å². The standard InChI is InChI=1S/C21H28N4O3S/c1-4-24-20(14-7-8-14)22-23-21(24)29-13-19(26)25-11-5-6-17(25)16-12-15(27-2)9-10-18(16)28-3/h9-10,12,14,17H,4-8,11,13H2,1-3H3/t17-/m0/s1. The number of benzene rings is 1. The van der Waals surface area contributed by atoms with Gasteiger partial charge in [0.15, 0.2) is 5.16 Å². The molecule has 4 rings (SSSR count). The molecule has 0 spiro atoms. The summed E-state index contributed by atoms with van der Waals surface area (Å²) in [5, 5.41) is 9.55. The van der Waals surface area contributed by atoms with Gasteiger partial charge in [-0.2, -0.15) is 0 Å². The molecule has 29 heavy (non-hydrogen) atoms. The molecule has 1 aliphatic heterocycles. The molecule has 1 amide bonds. The van der Waals surface area contributed by atoms with E-state index in [0.29, 0.717) is 11.7 Å². The summed E-state index contributed by atoms with van der Waals surface area (Å²) in [4.78, 5) is 15.1. The normalized spacial score (nSPS) is 18.9. The van der Waals surface area contributed by atoms with Crippen molar-refractivity contribution in [2.75, 3.05) is 26.5 Å². The molecule has 1 aromatic carbocycles. The highest BCUT2D eigenvalue weighted by molar-refractivity contribution is 7.99. The zero-order chi connectivity index (χ0) is 20.4. The first kappa shape index (κ1) is 20.1. The van der Waals surface area contributed by atoms with Crippen LogP contribution in [-0.4, -0.2) is 52.1 Å². The van der Waals surface area contributed by atoms with Gasteiger partial charge in [-0.3, -0.25) is 4.79 Å². The minimum absolute atomic E-state index is 0.0132. The summed E-state index contributed by atoms with van der Waals surface area (Å²) in [6, 6.07) is 5.79. The van der Waals surface area contributed by atoms with Gasteiger partial charge in [0.1, 0.15) is 17.3 Å². The minimum Gasteiger partial charge on any atom is -0.497 e. The van der Waals surface area contributed by atoms with Crippen LogP contribution in [0.4, 0.5) is 0 Å². The van der Waals surface area contributed by atoms with Crippen molar-refractivity contribution in [2.45, 2.75) is 56.3 Å². The molecule has 1 aromatic heterocycles. The molecule has 7 nitrogen and oxygen atoms in total. The number of carbonyl (C=O) groups excluding carboxylic acids is 1. The summed E-state index contributed by atoms with van der Waals surface area (Å²) in [6.45, 7) is 3.70. The lowest BCUT2D eigenvalue weighted by Crippen LogP contribution is -2.32. The molecule has 2 aromatic rings. The molecule has 1 aliphatic carbocycles. The van der Waals surface area contributed by atoms with E-state index in [2.05, 4.69) is 21.7 Å². The second-order valence-corrected chi connectivity index (χ2v) is 8.44. The fourth-order valence-corrected chi connectivity index (χ4v) is 4.94. The van der Waals surface area contributed by atoms with Crippen molar-refractivity contribution < 1.29 is 14.3 Å². The number of rotatable bonds is 8. The Morgan fingerprint density at radius 1 is 1.21 bits per heavy atom. The van der Waals surface area contributed by atoms with E-state index in [9.17, 15) is 4.79 Å². The van der Waals surface area contributed by atoms with Crippen molar-refractivity contribution in [3.05, 3.63) is 29.6 Å². The fraction of sp³-hybridized carbons (Fsp3) is 0.571. The van der Waals surface area contributed by atoms with Crippen LogP contribution in [0, 0.1) is 0 Å². The second-order valence-electron chi connectivity index (χ2n) is 7.50. The molecule has 8 heteroatoms. The van der Waals surface area contributed by atoms with E-state index >= 15 is 0 Å². The number of carbonyl (C=O) groups is 1. The lowest BCUT2D eigenvalue weighted by atomic mass is 10.0. The Morgan fingerprint density at radius 2 is 2.03 bits per heavy atom. The predicted molar refractivity (Wildman–Crippen MR) is 112 cm³/mol. The molecule has 2 heterocycles. The predicted octanol–water partition coefficient (Wildman–Crippen LogP) is 3.65. The smallest absolute Gasteiger partial charge is 0.233 e. The van der Waals surface area contributed by atoms with Crippen LogP contribution in [0.25, 0.3) is 0 Å². The van der Waals surface area contributed by atoms with E-state index in [0.717, 1.165) is 54.0 Å². The maximum atomic E-state index is 13.1. The lowest BCUT2D eigenvalue weighted by molar-refractivity contribution is -0.129. The number of hydrogen-bond acceptors (Lipinski definition) is 6. The van der Waals surface area contributed by atoms with Crippen LogP contribution >= 0.6 is 11.8 Å². The third-order valence-corrected chi connectivity index (χ3v) is 6.65. The first-order chi connectivity index (χ1) is 14.2. The summed E-state index contributed by atoms with van der Waals surface area (Å²) >= 11 is 1.49. The van der Waals surface area contributed by atoms with Gasteiger partial charge < -0.3 is 18.9 Å². The third-order valence-electron chi connectivity index (χ3n) is 5.70. The van der Waals surface area contributed by atoms with Crippen molar-refractivity contribution in [2.24, 2.45) is 0 Å². The average molecular weight is 417 g/mol. The molecular weight excluding hydrogens is 388 g/mol. The molecule has 0 unspecified atom stereocenters. The van der Waals surface area contributed by atoms with Crippen LogP contribution in [0.3, 0.4) is 0 Å². The van der Waals surface area contributed by atoms with E-state index in [1.807, 2.05) is 23.1 Å². The summed E-state index contributed by atoms with van der Waals surface area (Å²) in [6.07, 6.45) is 4.30.